The van der Waals surface area contributed by atoms with Gasteiger partial charge in [0.25, 0.3) is 0 Å². The molecule has 19 heavy (non-hydrogen) atoms. The molecular formula is C15H16N2O2. The van der Waals surface area contributed by atoms with Crippen LogP contribution < -0.4 is 5.73 Å². The quantitative estimate of drug-likeness (QED) is 0.827. The van der Waals surface area contributed by atoms with Crippen molar-refractivity contribution in [3.8, 4) is 11.4 Å². The minimum Gasteiger partial charge on any atom is -0.508 e. The van der Waals surface area contributed by atoms with E-state index in [4.69, 9.17) is 5.73 Å². The summed E-state index contributed by atoms with van der Waals surface area (Å²) in [5.74, 6) is -0.249. The number of aromatic hydroxyl groups is 1. The number of carbonyl (C=O) groups excluding carboxylic acids is 1. The first kappa shape index (κ1) is 13.0. The summed E-state index contributed by atoms with van der Waals surface area (Å²) < 4.78 is 2.01. The number of carbonyl (C=O) groups is 1. The molecule has 0 saturated carbocycles. The first-order valence-electron chi connectivity index (χ1n) is 5.95. The zero-order valence-corrected chi connectivity index (χ0v) is 10.9. The van der Waals surface area contributed by atoms with Crippen LogP contribution in [0.1, 0.15) is 17.0 Å². The lowest BCUT2D eigenvalue weighted by Crippen LogP contribution is -2.05. The van der Waals surface area contributed by atoms with Crippen LogP contribution in [-0.2, 0) is 4.79 Å². The summed E-state index contributed by atoms with van der Waals surface area (Å²) in [7, 11) is 0. The summed E-state index contributed by atoms with van der Waals surface area (Å²) in [5, 5.41) is 9.55. The molecule has 1 heterocycles. The van der Waals surface area contributed by atoms with Crippen molar-refractivity contribution in [2.24, 2.45) is 5.73 Å². The number of phenols is 1. The molecule has 2 aromatic rings. The number of aromatic nitrogens is 1. The molecule has 98 valence electrons. The highest BCUT2D eigenvalue weighted by Gasteiger charge is 2.09. The molecule has 0 aliphatic rings. The Morgan fingerprint density at radius 1 is 1.32 bits per heavy atom. The number of aryl methyl sites for hydroxylation is 1. The van der Waals surface area contributed by atoms with E-state index in [0.717, 1.165) is 22.6 Å². The van der Waals surface area contributed by atoms with Crippen molar-refractivity contribution < 1.29 is 9.90 Å². The Kier molecular flexibility index (Phi) is 3.42. The smallest absolute Gasteiger partial charge is 0.241 e. The van der Waals surface area contributed by atoms with Crippen molar-refractivity contribution in [1.29, 1.82) is 0 Å². The molecule has 4 heteroatoms. The predicted molar refractivity (Wildman–Crippen MR) is 75.1 cm³/mol. The van der Waals surface area contributed by atoms with Gasteiger partial charge in [0, 0.05) is 29.2 Å². The van der Waals surface area contributed by atoms with Gasteiger partial charge in [-0.2, -0.15) is 0 Å². The van der Waals surface area contributed by atoms with Gasteiger partial charge in [-0.05, 0) is 43.7 Å². The van der Waals surface area contributed by atoms with Crippen LogP contribution in [0.5, 0.6) is 5.75 Å². The molecule has 0 atom stereocenters. The molecular weight excluding hydrogens is 240 g/mol. The van der Waals surface area contributed by atoms with Gasteiger partial charge in [-0.25, -0.2) is 0 Å². The third-order valence-electron chi connectivity index (χ3n) is 2.99. The first-order valence-corrected chi connectivity index (χ1v) is 5.95. The van der Waals surface area contributed by atoms with E-state index in [2.05, 4.69) is 0 Å². The van der Waals surface area contributed by atoms with Gasteiger partial charge < -0.3 is 15.4 Å². The third-order valence-corrected chi connectivity index (χ3v) is 2.99. The van der Waals surface area contributed by atoms with E-state index in [9.17, 15) is 9.90 Å². The lowest BCUT2D eigenvalue weighted by atomic mass is 10.2. The predicted octanol–water partition coefficient (Wildman–Crippen LogP) is 2.30. The Morgan fingerprint density at radius 2 is 2.05 bits per heavy atom. The molecule has 2 rings (SSSR count). The standard InChI is InChI=1S/C15H16N2O2/c1-10-8-12(6-7-15(16)19)11(2)17(10)13-4-3-5-14(18)9-13/h3-9,18H,1-2H3,(H2,16,19)/b7-6+. The molecule has 0 bridgehead atoms. The highest BCUT2D eigenvalue weighted by atomic mass is 16.3. The van der Waals surface area contributed by atoms with Crippen LogP contribution in [0.4, 0.5) is 0 Å². The van der Waals surface area contributed by atoms with Gasteiger partial charge in [0.2, 0.25) is 5.91 Å². The Labute approximate surface area is 111 Å². The van der Waals surface area contributed by atoms with Gasteiger partial charge in [-0.3, -0.25) is 4.79 Å². The maximum Gasteiger partial charge on any atom is 0.241 e. The number of amides is 1. The molecule has 0 spiro atoms. The van der Waals surface area contributed by atoms with E-state index < -0.39 is 5.91 Å². The number of phenolic OH excluding ortho intramolecular Hbond substituents is 1. The number of hydrogen-bond acceptors (Lipinski definition) is 2. The van der Waals surface area contributed by atoms with Gasteiger partial charge in [-0.15, -0.1) is 0 Å². The maximum absolute atomic E-state index is 10.8. The number of hydrogen-bond donors (Lipinski definition) is 2. The monoisotopic (exact) mass is 256 g/mol. The van der Waals surface area contributed by atoms with Crippen molar-refractivity contribution in [3.63, 3.8) is 0 Å². The summed E-state index contributed by atoms with van der Waals surface area (Å²) in [6.07, 6.45) is 3.04. The number of benzene rings is 1. The summed E-state index contributed by atoms with van der Waals surface area (Å²) >= 11 is 0. The van der Waals surface area contributed by atoms with Gasteiger partial charge in [0.15, 0.2) is 0 Å². The number of nitrogens with zero attached hydrogens (tertiary/aromatic N) is 1. The van der Waals surface area contributed by atoms with E-state index in [1.54, 1.807) is 24.3 Å². The molecule has 1 amide bonds. The minimum absolute atomic E-state index is 0.222. The zero-order chi connectivity index (χ0) is 14.0. The van der Waals surface area contributed by atoms with Crippen LogP contribution in [0.3, 0.4) is 0 Å². The van der Waals surface area contributed by atoms with Gasteiger partial charge >= 0.3 is 0 Å². The average Bonchev–Trinajstić information content (AvgIpc) is 2.62. The van der Waals surface area contributed by atoms with E-state index >= 15 is 0 Å². The van der Waals surface area contributed by atoms with Gasteiger partial charge in [0.1, 0.15) is 5.75 Å². The summed E-state index contributed by atoms with van der Waals surface area (Å²) in [5.41, 5.74) is 8.92. The van der Waals surface area contributed by atoms with Crippen LogP contribution in [0.2, 0.25) is 0 Å². The molecule has 0 saturated heterocycles. The molecule has 0 fully saturated rings. The summed E-state index contributed by atoms with van der Waals surface area (Å²) in [4.78, 5) is 10.8. The second kappa shape index (κ2) is 5.02. The molecule has 1 aromatic heterocycles. The molecule has 3 N–H and O–H groups in total. The molecule has 0 aliphatic carbocycles. The summed E-state index contributed by atoms with van der Waals surface area (Å²) in [6, 6.07) is 9.01. The number of primary amides is 1. The Balaban J connectivity index is 2.51. The van der Waals surface area contributed by atoms with Crippen LogP contribution >= 0.6 is 0 Å². The Morgan fingerprint density at radius 3 is 2.68 bits per heavy atom. The number of nitrogens with two attached hydrogens (primary N) is 1. The van der Waals surface area contributed by atoms with Crippen LogP contribution in [0.25, 0.3) is 11.8 Å². The Bertz CT molecular complexity index is 654. The molecule has 0 radical (unpaired) electrons. The highest BCUT2D eigenvalue weighted by Crippen LogP contribution is 2.23. The fourth-order valence-corrected chi connectivity index (χ4v) is 2.16. The van der Waals surface area contributed by atoms with Crippen LogP contribution in [0.15, 0.2) is 36.4 Å². The normalized spacial score (nSPS) is 11.1. The third kappa shape index (κ3) is 2.68. The molecule has 0 aliphatic heterocycles. The van der Waals surface area contributed by atoms with E-state index in [1.807, 2.05) is 30.5 Å². The topological polar surface area (TPSA) is 68.2 Å². The SMILES string of the molecule is Cc1cc(/C=C/C(N)=O)c(C)n1-c1cccc(O)c1. The van der Waals surface area contributed by atoms with E-state index in [-0.39, 0.29) is 5.75 Å². The second-order valence-corrected chi connectivity index (χ2v) is 4.42. The maximum atomic E-state index is 10.8. The van der Waals surface area contributed by atoms with E-state index in [1.165, 1.54) is 6.08 Å². The van der Waals surface area contributed by atoms with Crippen molar-refractivity contribution >= 4 is 12.0 Å². The molecule has 0 unspecified atom stereocenters. The van der Waals surface area contributed by atoms with Crippen LogP contribution in [-0.4, -0.2) is 15.6 Å². The fraction of sp³-hybridized carbons (Fsp3) is 0.133. The van der Waals surface area contributed by atoms with Gasteiger partial charge in [0.05, 0.1) is 0 Å². The minimum atomic E-state index is -0.470. The average molecular weight is 256 g/mol. The Hall–Kier alpha value is -2.49. The van der Waals surface area contributed by atoms with Crippen molar-refractivity contribution in [1.82, 2.24) is 4.57 Å². The fourth-order valence-electron chi connectivity index (χ4n) is 2.16. The number of rotatable bonds is 3. The van der Waals surface area contributed by atoms with E-state index in [0.29, 0.717) is 0 Å². The van der Waals surface area contributed by atoms with Crippen molar-refractivity contribution in [3.05, 3.63) is 53.4 Å². The van der Waals surface area contributed by atoms with Crippen LogP contribution in [0, 0.1) is 13.8 Å². The van der Waals surface area contributed by atoms with Crippen molar-refractivity contribution in [2.45, 2.75) is 13.8 Å². The largest absolute Gasteiger partial charge is 0.508 e. The zero-order valence-electron chi connectivity index (χ0n) is 10.9. The molecule has 1 aromatic carbocycles. The lowest BCUT2D eigenvalue weighted by molar-refractivity contribution is -0.113. The molecule has 4 nitrogen and oxygen atoms in total. The van der Waals surface area contributed by atoms with Gasteiger partial charge in [-0.1, -0.05) is 6.07 Å². The second-order valence-electron chi connectivity index (χ2n) is 4.42. The lowest BCUT2D eigenvalue weighted by Gasteiger charge is -2.09. The first-order chi connectivity index (χ1) is 8.99. The van der Waals surface area contributed by atoms with Crippen molar-refractivity contribution in [2.75, 3.05) is 0 Å². The summed E-state index contributed by atoms with van der Waals surface area (Å²) in [6.45, 7) is 3.93. The highest BCUT2D eigenvalue weighted by molar-refractivity contribution is 5.90.